The van der Waals surface area contributed by atoms with Crippen LogP contribution in [0.25, 0.3) is 0 Å². The first-order chi connectivity index (χ1) is 12.2. The van der Waals surface area contributed by atoms with Gasteiger partial charge in [0.1, 0.15) is 5.82 Å². The Balaban J connectivity index is 1.88. The van der Waals surface area contributed by atoms with Crippen LogP contribution in [0.15, 0.2) is 36.4 Å². The minimum atomic E-state index is -4.49. The normalized spacial score (nSPS) is 17.6. The van der Waals surface area contributed by atoms with Gasteiger partial charge in [0.15, 0.2) is 0 Å². The van der Waals surface area contributed by atoms with Crippen molar-refractivity contribution in [2.75, 3.05) is 18.0 Å². The first-order valence-electron chi connectivity index (χ1n) is 7.82. The first-order valence-corrected chi connectivity index (χ1v) is 8.19. The number of benzene rings is 2. The SMILES string of the molecule is O=C(O)c1cccc(F)c1C1CCN(c2ccc(C(F)(F)F)cc2Cl)C1. The second kappa shape index (κ2) is 6.79. The summed E-state index contributed by atoms with van der Waals surface area (Å²) in [6.45, 7) is 0.704. The Morgan fingerprint density at radius 2 is 1.96 bits per heavy atom. The van der Waals surface area contributed by atoms with E-state index in [4.69, 9.17) is 11.6 Å². The van der Waals surface area contributed by atoms with Crippen LogP contribution in [-0.4, -0.2) is 24.2 Å². The van der Waals surface area contributed by atoms with E-state index in [2.05, 4.69) is 0 Å². The molecule has 0 saturated carbocycles. The van der Waals surface area contributed by atoms with Crippen molar-refractivity contribution in [1.82, 2.24) is 0 Å². The number of hydrogen-bond acceptors (Lipinski definition) is 2. The van der Waals surface area contributed by atoms with Crippen LogP contribution in [0.3, 0.4) is 0 Å². The molecule has 3 rings (SSSR count). The molecule has 1 saturated heterocycles. The molecule has 2 aromatic rings. The van der Waals surface area contributed by atoms with Crippen molar-refractivity contribution >= 4 is 23.3 Å². The maximum Gasteiger partial charge on any atom is 0.416 e. The molecule has 0 radical (unpaired) electrons. The highest BCUT2D eigenvalue weighted by Gasteiger charge is 2.33. The van der Waals surface area contributed by atoms with Gasteiger partial charge in [0.2, 0.25) is 0 Å². The monoisotopic (exact) mass is 387 g/mol. The third-order valence-electron chi connectivity index (χ3n) is 4.50. The minimum Gasteiger partial charge on any atom is -0.478 e. The summed E-state index contributed by atoms with van der Waals surface area (Å²) in [5.74, 6) is -2.21. The number of rotatable bonds is 3. The summed E-state index contributed by atoms with van der Waals surface area (Å²) in [4.78, 5) is 13.1. The molecule has 2 aromatic carbocycles. The highest BCUT2D eigenvalue weighted by atomic mass is 35.5. The number of alkyl halides is 3. The van der Waals surface area contributed by atoms with Crippen LogP contribution in [0.4, 0.5) is 23.2 Å². The van der Waals surface area contributed by atoms with Gasteiger partial charge in [-0.05, 0) is 36.8 Å². The molecule has 26 heavy (non-hydrogen) atoms. The number of carboxylic acid groups (broad SMARTS) is 1. The lowest BCUT2D eigenvalue weighted by atomic mass is 9.93. The molecule has 0 aromatic heterocycles. The second-order valence-electron chi connectivity index (χ2n) is 6.10. The Morgan fingerprint density at radius 3 is 2.58 bits per heavy atom. The molecule has 3 nitrogen and oxygen atoms in total. The molecule has 8 heteroatoms. The van der Waals surface area contributed by atoms with Gasteiger partial charge in [-0.2, -0.15) is 13.2 Å². The zero-order chi connectivity index (χ0) is 19.1. The lowest BCUT2D eigenvalue weighted by Crippen LogP contribution is -2.21. The Hall–Kier alpha value is -2.28. The molecule has 1 aliphatic heterocycles. The number of halogens is 5. The Morgan fingerprint density at radius 1 is 1.23 bits per heavy atom. The van der Waals surface area contributed by atoms with E-state index in [-0.39, 0.29) is 28.6 Å². The number of aromatic carboxylic acids is 1. The first kappa shape index (κ1) is 18.5. The molecular weight excluding hydrogens is 374 g/mol. The van der Waals surface area contributed by atoms with Gasteiger partial charge in [0.05, 0.1) is 21.8 Å². The molecule has 0 spiro atoms. The smallest absolute Gasteiger partial charge is 0.416 e. The highest BCUT2D eigenvalue weighted by molar-refractivity contribution is 6.33. The van der Waals surface area contributed by atoms with E-state index in [0.717, 1.165) is 12.1 Å². The molecule has 1 unspecified atom stereocenters. The molecular formula is C18H14ClF4NO2. The van der Waals surface area contributed by atoms with Crippen LogP contribution in [0, 0.1) is 5.82 Å². The van der Waals surface area contributed by atoms with E-state index in [1.54, 1.807) is 4.90 Å². The van der Waals surface area contributed by atoms with Gasteiger partial charge >= 0.3 is 12.1 Å². The molecule has 0 bridgehead atoms. The van der Waals surface area contributed by atoms with Crippen molar-refractivity contribution in [2.45, 2.75) is 18.5 Å². The fourth-order valence-corrected chi connectivity index (χ4v) is 3.59. The maximum atomic E-state index is 14.2. The van der Waals surface area contributed by atoms with Gasteiger partial charge in [-0.25, -0.2) is 9.18 Å². The van der Waals surface area contributed by atoms with Gasteiger partial charge in [0, 0.05) is 24.6 Å². The van der Waals surface area contributed by atoms with Crippen molar-refractivity contribution < 1.29 is 27.5 Å². The van der Waals surface area contributed by atoms with E-state index in [1.165, 1.54) is 24.3 Å². The van der Waals surface area contributed by atoms with E-state index in [1.807, 2.05) is 0 Å². The van der Waals surface area contributed by atoms with Crippen LogP contribution in [0.5, 0.6) is 0 Å². The van der Waals surface area contributed by atoms with Gasteiger partial charge in [-0.1, -0.05) is 17.7 Å². The number of carboxylic acids is 1. The van der Waals surface area contributed by atoms with Crippen molar-refractivity contribution in [2.24, 2.45) is 0 Å². The molecule has 1 N–H and O–H groups in total. The van der Waals surface area contributed by atoms with Crippen LogP contribution >= 0.6 is 11.6 Å². The van der Waals surface area contributed by atoms with Crippen molar-refractivity contribution in [3.05, 3.63) is 63.9 Å². The Labute approximate surface area is 151 Å². The predicted molar refractivity (Wildman–Crippen MR) is 89.4 cm³/mol. The molecule has 138 valence electrons. The zero-order valence-corrected chi connectivity index (χ0v) is 14.1. The lowest BCUT2D eigenvalue weighted by Gasteiger charge is -2.21. The Kier molecular flexibility index (Phi) is 4.84. The molecule has 1 heterocycles. The van der Waals surface area contributed by atoms with Crippen LogP contribution in [0.2, 0.25) is 5.02 Å². The second-order valence-corrected chi connectivity index (χ2v) is 6.51. The average molecular weight is 388 g/mol. The topological polar surface area (TPSA) is 40.5 Å². The summed E-state index contributed by atoms with van der Waals surface area (Å²) in [5, 5.41) is 9.23. The third kappa shape index (κ3) is 3.49. The van der Waals surface area contributed by atoms with Crippen molar-refractivity contribution in [3.8, 4) is 0 Å². The maximum absolute atomic E-state index is 14.2. The van der Waals surface area contributed by atoms with E-state index in [0.29, 0.717) is 18.7 Å². The summed E-state index contributed by atoms with van der Waals surface area (Å²) in [6.07, 6.45) is -4.02. The highest BCUT2D eigenvalue weighted by Crippen LogP contribution is 2.39. The summed E-state index contributed by atoms with van der Waals surface area (Å²) in [7, 11) is 0. The quantitative estimate of drug-likeness (QED) is 0.737. The lowest BCUT2D eigenvalue weighted by molar-refractivity contribution is -0.137. The van der Waals surface area contributed by atoms with Crippen LogP contribution < -0.4 is 4.90 Å². The fraction of sp³-hybridized carbons (Fsp3) is 0.278. The van der Waals surface area contributed by atoms with Crippen molar-refractivity contribution in [3.63, 3.8) is 0 Å². The van der Waals surface area contributed by atoms with Crippen molar-refractivity contribution in [1.29, 1.82) is 0 Å². The van der Waals surface area contributed by atoms with E-state index in [9.17, 15) is 27.5 Å². The number of anilines is 1. The van der Waals surface area contributed by atoms with Gasteiger partial charge in [-0.3, -0.25) is 0 Å². The van der Waals surface area contributed by atoms with E-state index >= 15 is 0 Å². The summed E-state index contributed by atoms with van der Waals surface area (Å²) in [5.41, 5.74) is -0.416. The van der Waals surface area contributed by atoms with E-state index < -0.39 is 23.5 Å². The number of nitrogens with zero attached hydrogens (tertiary/aromatic N) is 1. The summed E-state index contributed by atoms with van der Waals surface area (Å²) >= 11 is 6.01. The molecule has 1 aliphatic rings. The Bertz CT molecular complexity index is 854. The zero-order valence-electron chi connectivity index (χ0n) is 13.4. The minimum absolute atomic E-state index is 0.0486. The average Bonchev–Trinajstić information content (AvgIpc) is 3.02. The molecule has 1 fully saturated rings. The van der Waals surface area contributed by atoms with Gasteiger partial charge in [-0.15, -0.1) is 0 Å². The third-order valence-corrected chi connectivity index (χ3v) is 4.80. The largest absolute Gasteiger partial charge is 0.478 e. The number of carbonyl (C=O) groups is 1. The van der Waals surface area contributed by atoms with Crippen LogP contribution in [-0.2, 0) is 6.18 Å². The summed E-state index contributed by atoms with van der Waals surface area (Å²) < 4.78 is 52.5. The van der Waals surface area contributed by atoms with Crippen LogP contribution in [0.1, 0.15) is 33.8 Å². The predicted octanol–water partition coefficient (Wildman–Crippen LogP) is 5.19. The standard InChI is InChI=1S/C18H14ClF4NO2/c19-13-8-11(18(21,22)23)4-5-15(13)24-7-6-10(9-24)16-12(17(25)26)2-1-3-14(16)20/h1-5,8,10H,6-7,9H2,(H,25,26). The van der Waals surface area contributed by atoms with Gasteiger partial charge < -0.3 is 10.0 Å². The molecule has 0 aliphatic carbocycles. The molecule has 1 atom stereocenters. The fourth-order valence-electron chi connectivity index (χ4n) is 3.29. The number of hydrogen-bond donors (Lipinski definition) is 1. The van der Waals surface area contributed by atoms with Gasteiger partial charge in [0.25, 0.3) is 0 Å². The molecule has 0 amide bonds. The summed E-state index contributed by atoms with van der Waals surface area (Å²) in [6, 6.07) is 6.97.